The molecular weight excluding hydrogens is 254 g/mol. The number of nitrogens with zero attached hydrogens (tertiary/aromatic N) is 2. The standard InChI is InChI=1S/C15H21N3O2/c16-11-4-5-13(15(19)20)14(9-11)18-8-7-17-6-2-1-3-12(17)10-18/h4-5,9,12H,1-3,6-8,10,16H2,(H,19,20). The third kappa shape index (κ3) is 2.45. The molecule has 0 radical (unpaired) electrons. The van der Waals surface area contributed by atoms with Crippen LogP contribution in [0.5, 0.6) is 0 Å². The highest BCUT2D eigenvalue weighted by Gasteiger charge is 2.30. The molecule has 3 rings (SSSR count). The summed E-state index contributed by atoms with van der Waals surface area (Å²) in [5.41, 5.74) is 7.57. The predicted octanol–water partition coefficient (Wildman–Crippen LogP) is 1.64. The summed E-state index contributed by atoms with van der Waals surface area (Å²) in [5.74, 6) is -0.883. The quantitative estimate of drug-likeness (QED) is 0.803. The normalized spacial score (nSPS) is 23.4. The fourth-order valence-corrected chi connectivity index (χ4v) is 3.37. The molecule has 5 nitrogen and oxygen atoms in total. The highest BCUT2D eigenvalue weighted by molar-refractivity contribution is 5.95. The monoisotopic (exact) mass is 275 g/mol. The van der Waals surface area contributed by atoms with Gasteiger partial charge in [-0.1, -0.05) is 6.42 Å². The van der Waals surface area contributed by atoms with E-state index < -0.39 is 5.97 Å². The van der Waals surface area contributed by atoms with Gasteiger partial charge >= 0.3 is 5.97 Å². The van der Waals surface area contributed by atoms with Gasteiger partial charge in [0, 0.05) is 31.4 Å². The Kier molecular flexibility index (Phi) is 3.53. The highest BCUT2D eigenvalue weighted by atomic mass is 16.4. The number of piperazine rings is 1. The van der Waals surface area contributed by atoms with Gasteiger partial charge in [-0.2, -0.15) is 0 Å². The molecule has 0 bridgehead atoms. The molecule has 1 atom stereocenters. The molecule has 2 saturated heterocycles. The number of aromatic carboxylic acids is 1. The number of carbonyl (C=O) groups is 1. The van der Waals surface area contributed by atoms with Crippen molar-refractivity contribution in [3.8, 4) is 0 Å². The summed E-state index contributed by atoms with van der Waals surface area (Å²) in [4.78, 5) is 16.1. The van der Waals surface area contributed by atoms with Gasteiger partial charge in [0.15, 0.2) is 0 Å². The van der Waals surface area contributed by atoms with E-state index in [0.717, 1.165) is 25.3 Å². The van der Waals surface area contributed by atoms with E-state index in [9.17, 15) is 9.90 Å². The molecule has 2 fully saturated rings. The van der Waals surface area contributed by atoms with Crippen molar-refractivity contribution in [3.05, 3.63) is 23.8 Å². The maximum absolute atomic E-state index is 11.4. The average molecular weight is 275 g/mol. The smallest absolute Gasteiger partial charge is 0.337 e. The van der Waals surface area contributed by atoms with Crippen LogP contribution in [-0.4, -0.2) is 48.2 Å². The number of piperidine rings is 1. The van der Waals surface area contributed by atoms with E-state index in [1.165, 1.54) is 25.8 Å². The lowest BCUT2D eigenvalue weighted by Crippen LogP contribution is -2.55. The molecule has 0 aromatic heterocycles. The van der Waals surface area contributed by atoms with Crippen LogP contribution >= 0.6 is 0 Å². The zero-order valence-electron chi connectivity index (χ0n) is 11.6. The van der Waals surface area contributed by atoms with Crippen molar-refractivity contribution in [1.82, 2.24) is 4.90 Å². The first-order chi connectivity index (χ1) is 9.65. The number of nitrogens with two attached hydrogens (primary N) is 1. The van der Waals surface area contributed by atoms with Gasteiger partial charge in [-0.15, -0.1) is 0 Å². The Hall–Kier alpha value is -1.75. The van der Waals surface area contributed by atoms with Gasteiger partial charge in [0.25, 0.3) is 0 Å². The zero-order valence-corrected chi connectivity index (χ0v) is 11.6. The van der Waals surface area contributed by atoms with Crippen molar-refractivity contribution in [2.24, 2.45) is 0 Å². The highest BCUT2D eigenvalue weighted by Crippen LogP contribution is 2.29. The van der Waals surface area contributed by atoms with Crippen molar-refractivity contribution in [1.29, 1.82) is 0 Å². The lowest BCUT2D eigenvalue weighted by Gasteiger charge is -2.45. The maximum Gasteiger partial charge on any atom is 0.337 e. The first-order valence-corrected chi connectivity index (χ1v) is 7.27. The number of anilines is 2. The molecule has 2 heterocycles. The summed E-state index contributed by atoms with van der Waals surface area (Å²) in [6, 6.07) is 5.62. The summed E-state index contributed by atoms with van der Waals surface area (Å²) in [5, 5.41) is 9.34. The number of fused-ring (bicyclic) bond motifs is 1. The van der Waals surface area contributed by atoms with Crippen LogP contribution in [0.15, 0.2) is 18.2 Å². The molecule has 2 aliphatic rings. The van der Waals surface area contributed by atoms with Crippen molar-refractivity contribution in [2.45, 2.75) is 25.3 Å². The maximum atomic E-state index is 11.4. The first-order valence-electron chi connectivity index (χ1n) is 7.27. The lowest BCUT2D eigenvalue weighted by molar-refractivity contribution is 0.0697. The van der Waals surface area contributed by atoms with Crippen LogP contribution in [0.2, 0.25) is 0 Å². The second-order valence-electron chi connectivity index (χ2n) is 5.71. The van der Waals surface area contributed by atoms with Gasteiger partial charge in [-0.3, -0.25) is 4.90 Å². The molecule has 5 heteroatoms. The second-order valence-corrected chi connectivity index (χ2v) is 5.71. The van der Waals surface area contributed by atoms with Crippen LogP contribution in [0.1, 0.15) is 29.6 Å². The molecule has 0 amide bonds. The Morgan fingerprint density at radius 2 is 2.10 bits per heavy atom. The number of hydrogen-bond acceptors (Lipinski definition) is 4. The third-order valence-electron chi connectivity index (χ3n) is 4.43. The van der Waals surface area contributed by atoms with E-state index in [1.54, 1.807) is 18.2 Å². The molecule has 3 N–H and O–H groups in total. The van der Waals surface area contributed by atoms with Crippen LogP contribution in [0.3, 0.4) is 0 Å². The molecule has 0 saturated carbocycles. The summed E-state index contributed by atoms with van der Waals surface area (Å²) in [6.07, 6.45) is 3.77. The zero-order chi connectivity index (χ0) is 14.1. The van der Waals surface area contributed by atoms with Crippen molar-refractivity contribution in [2.75, 3.05) is 36.8 Å². The van der Waals surface area contributed by atoms with Gasteiger partial charge in [-0.05, 0) is 37.6 Å². The van der Waals surface area contributed by atoms with E-state index in [2.05, 4.69) is 9.80 Å². The number of nitrogen functional groups attached to an aromatic ring is 1. The second kappa shape index (κ2) is 5.32. The molecular formula is C15H21N3O2. The number of rotatable bonds is 2. The molecule has 108 valence electrons. The number of hydrogen-bond donors (Lipinski definition) is 2. The van der Waals surface area contributed by atoms with Gasteiger partial charge in [0.1, 0.15) is 0 Å². The lowest BCUT2D eigenvalue weighted by atomic mass is 9.98. The molecule has 1 aromatic carbocycles. The summed E-state index contributed by atoms with van der Waals surface area (Å²) < 4.78 is 0. The van der Waals surface area contributed by atoms with Crippen LogP contribution in [0, 0.1) is 0 Å². The van der Waals surface area contributed by atoms with E-state index in [4.69, 9.17) is 5.73 Å². The Balaban J connectivity index is 1.85. The molecule has 20 heavy (non-hydrogen) atoms. The van der Waals surface area contributed by atoms with Crippen LogP contribution < -0.4 is 10.6 Å². The fraction of sp³-hybridized carbons (Fsp3) is 0.533. The topological polar surface area (TPSA) is 69.8 Å². The Bertz CT molecular complexity index is 518. The van der Waals surface area contributed by atoms with Crippen LogP contribution in [0.25, 0.3) is 0 Å². The Labute approximate surface area is 119 Å². The number of benzene rings is 1. The van der Waals surface area contributed by atoms with Gasteiger partial charge in [0.2, 0.25) is 0 Å². The molecule has 1 unspecified atom stereocenters. The summed E-state index contributed by atoms with van der Waals surface area (Å²) >= 11 is 0. The van der Waals surface area contributed by atoms with E-state index in [1.807, 2.05) is 0 Å². The molecule has 2 aliphatic heterocycles. The minimum absolute atomic E-state index is 0.350. The van der Waals surface area contributed by atoms with Gasteiger partial charge < -0.3 is 15.7 Å². The fourth-order valence-electron chi connectivity index (χ4n) is 3.37. The minimum atomic E-state index is -0.883. The van der Waals surface area contributed by atoms with Crippen LogP contribution in [-0.2, 0) is 0 Å². The SMILES string of the molecule is Nc1ccc(C(=O)O)c(N2CCN3CCCCC3C2)c1. The van der Waals surface area contributed by atoms with Crippen LogP contribution in [0.4, 0.5) is 11.4 Å². The minimum Gasteiger partial charge on any atom is -0.478 e. The molecule has 0 aliphatic carbocycles. The van der Waals surface area contributed by atoms with Gasteiger partial charge in [0.05, 0.1) is 11.3 Å². The van der Waals surface area contributed by atoms with E-state index >= 15 is 0 Å². The van der Waals surface area contributed by atoms with Crippen molar-refractivity contribution >= 4 is 17.3 Å². The Morgan fingerprint density at radius 1 is 1.25 bits per heavy atom. The Morgan fingerprint density at radius 3 is 2.90 bits per heavy atom. The number of carboxylic acids is 1. The largest absolute Gasteiger partial charge is 0.478 e. The molecule has 1 aromatic rings. The first kappa shape index (κ1) is 13.2. The van der Waals surface area contributed by atoms with Gasteiger partial charge in [-0.25, -0.2) is 4.79 Å². The summed E-state index contributed by atoms with van der Waals surface area (Å²) in [6.45, 7) is 3.98. The summed E-state index contributed by atoms with van der Waals surface area (Å²) in [7, 11) is 0. The third-order valence-corrected chi connectivity index (χ3v) is 4.43. The van der Waals surface area contributed by atoms with E-state index in [-0.39, 0.29) is 0 Å². The van der Waals surface area contributed by atoms with Crippen molar-refractivity contribution in [3.63, 3.8) is 0 Å². The number of carboxylic acid groups (broad SMARTS) is 1. The average Bonchev–Trinajstić information content (AvgIpc) is 2.46. The van der Waals surface area contributed by atoms with Crippen molar-refractivity contribution < 1.29 is 9.90 Å². The molecule has 0 spiro atoms. The predicted molar refractivity (Wildman–Crippen MR) is 79.2 cm³/mol. The van der Waals surface area contributed by atoms with E-state index in [0.29, 0.717) is 17.3 Å².